The van der Waals surface area contributed by atoms with Crippen LogP contribution in [-0.4, -0.2) is 60.0 Å². The summed E-state index contributed by atoms with van der Waals surface area (Å²) < 4.78 is 7.48. The van der Waals surface area contributed by atoms with Crippen LogP contribution in [0.3, 0.4) is 0 Å². The molecule has 1 aromatic rings. The number of carbonyl (C=O) groups excluding carboxylic acids is 1. The Labute approximate surface area is 130 Å². The SMILES string of the molecule is O=C(N1CCC2(CCOC2)C1)C1(n2cccn2)CCNCC1. The fourth-order valence-corrected chi connectivity index (χ4v) is 4.28. The van der Waals surface area contributed by atoms with Crippen LogP contribution in [0.15, 0.2) is 18.5 Å². The number of rotatable bonds is 2. The molecule has 1 amide bonds. The van der Waals surface area contributed by atoms with E-state index >= 15 is 0 Å². The second-order valence-corrected chi connectivity index (χ2v) is 7.01. The summed E-state index contributed by atoms with van der Waals surface area (Å²) in [5.74, 6) is 0.251. The average Bonchev–Trinajstić information content (AvgIpc) is 3.30. The van der Waals surface area contributed by atoms with Crippen molar-refractivity contribution in [2.45, 2.75) is 31.2 Å². The Kier molecular flexibility index (Phi) is 3.46. The molecule has 4 rings (SSSR count). The van der Waals surface area contributed by atoms with Gasteiger partial charge in [-0.2, -0.15) is 5.10 Å². The van der Waals surface area contributed by atoms with Crippen molar-refractivity contribution in [3.63, 3.8) is 0 Å². The summed E-state index contributed by atoms with van der Waals surface area (Å²) in [7, 11) is 0. The lowest BCUT2D eigenvalue weighted by atomic mass is 9.85. The minimum atomic E-state index is -0.500. The molecule has 1 aromatic heterocycles. The average molecular weight is 304 g/mol. The molecule has 3 aliphatic rings. The summed E-state index contributed by atoms with van der Waals surface area (Å²) in [5.41, 5.74) is -0.284. The summed E-state index contributed by atoms with van der Waals surface area (Å²) in [6, 6.07) is 1.91. The van der Waals surface area contributed by atoms with E-state index in [1.807, 2.05) is 16.9 Å². The number of likely N-dealkylation sites (tertiary alicyclic amines) is 1. The van der Waals surface area contributed by atoms with E-state index in [9.17, 15) is 4.79 Å². The minimum absolute atomic E-state index is 0.216. The van der Waals surface area contributed by atoms with E-state index in [4.69, 9.17) is 4.74 Å². The van der Waals surface area contributed by atoms with Crippen LogP contribution in [-0.2, 0) is 15.1 Å². The molecule has 0 aliphatic carbocycles. The maximum absolute atomic E-state index is 13.4. The smallest absolute Gasteiger partial charge is 0.250 e. The van der Waals surface area contributed by atoms with Gasteiger partial charge in [0.15, 0.2) is 0 Å². The van der Waals surface area contributed by atoms with Crippen LogP contribution in [0, 0.1) is 5.41 Å². The molecular weight excluding hydrogens is 280 g/mol. The standard InChI is InChI=1S/C16H24N4O2/c21-14(19-10-4-15(12-19)5-11-22-13-15)16(2-7-17-8-3-16)20-9-1-6-18-20/h1,6,9,17H,2-5,7-8,10-13H2. The predicted molar refractivity (Wildman–Crippen MR) is 81.4 cm³/mol. The molecule has 6 nitrogen and oxygen atoms in total. The van der Waals surface area contributed by atoms with E-state index in [0.29, 0.717) is 0 Å². The monoisotopic (exact) mass is 304 g/mol. The van der Waals surface area contributed by atoms with Gasteiger partial charge in [0.05, 0.1) is 6.61 Å². The molecule has 0 saturated carbocycles. The molecule has 22 heavy (non-hydrogen) atoms. The predicted octanol–water partition coefficient (Wildman–Crippen LogP) is 0.601. The highest BCUT2D eigenvalue weighted by Gasteiger charge is 2.49. The van der Waals surface area contributed by atoms with E-state index in [-0.39, 0.29) is 11.3 Å². The molecule has 0 bridgehead atoms. The first kappa shape index (κ1) is 14.2. The second-order valence-electron chi connectivity index (χ2n) is 7.01. The lowest BCUT2D eigenvalue weighted by Crippen LogP contribution is -2.55. The molecular formula is C16H24N4O2. The topological polar surface area (TPSA) is 59.4 Å². The van der Waals surface area contributed by atoms with Crippen LogP contribution in [0.1, 0.15) is 25.7 Å². The second kappa shape index (κ2) is 5.35. The maximum Gasteiger partial charge on any atom is 0.250 e. The largest absolute Gasteiger partial charge is 0.381 e. The van der Waals surface area contributed by atoms with Crippen molar-refractivity contribution < 1.29 is 9.53 Å². The first-order valence-corrected chi connectivity index (χ1v) is 8.32. The normalized spacial score (nSPS) is 31.0. The molecule has 3 saturated heterocycles. The third-order valence-electron chi connectivity index (χ3n) is 5.68. The molecule has 1 N–H and O–H groups in total. The Hall–Kier alpha value is -1.40. The molecule has 0 radical (unpaired) electrons. The molecule has 6 heteroatoms. The minimum Gasteiger partial charge on any atom is -0.381 e. The van der Waals surface area contributed by atoms with Gasteiger partial charge in [-0.25, -0.2) is 0 Å². The van der Waals surface area contributed by atoms with Crippen molar-refractivity contribution in [1.82, 2.24) is 20.0 Å². The number of ether oxygens (including phenoxy) is 1. The zero-order chi connectivity index (χ0) is 15.0. The Morgan fingerprint density at radius 2 is 2.09 bits per heavy atom. The molecule has 3 aliphatic heterocycles. The van der Waals surface area contributed by atoms with Gasteiger partial charge in [-0.1, -0.05) is 0 Å². The van der Waals surface area contributed by atoms with E-state index in [0.717, 1.165) is 65.1 Å². The highest BCUT2D eigenvalue weighted by molar-refractivity contribution is 5.85. The van der Waals surface area contributed by atoms with Crippen molar-refractivity contribution in [1.29, 1.82) is 0 Å². The van der Waals surface area contributed by atoms with Crippen molar-refractivity contribution in [3.05, 3.63) is 18.5 Å². The summed E-state index contributed by atoms with van der Waals surface area (Å²) in [6.07, 6.45) is 7.50. The Balaban J connectivity index is 1.59. The number of nitrogens with one attached hydrogen (secondary N) is 1. The van der Waals surface area contributed by atoms with Crippen LogP contribution >= 0.6 is 0 Å². The van der Waals surface area contributed by atoms with Crippen molar-refractivity contribution >= 4 is 5.91 Å². The lowest BCUT2D eigenvalue weighted by Gasteiger charge is -2.39. The van der Waals surface area contributed by atoms with Gasteiger partial charge < -0.3 is 15.0 Å². The Morgan fingerprint density at radius 1 is 1.23 bits per heavy atom. The van der Waals surface area contributed by atoms with Gasteiger partial charge in [-0.3, -0.25) is 9.48 Å². The van der Waals surface area contributed by atoms with Gasteiger partial charge in [0.2, 0.25) is 0 Å². The fourth-order valence-electron chi connectivity index (χ4n) is 4.28. The zero-order valence-electron chi connectivity index (χ0n) is 13.0. The molecule has 1 unspecified atom stereocenters. The summed E-state index contributed by atoms with van der Waals surface area (Å²) in [4.78, 5) is 15.4. The number of carbonyl (C=O) groups is 1. The number of hydrogen-bond acceptors (Lipinski definition) is 4. The summed E-state index contributed by atoms with van der Waals surface area (Å²) in [6.45, 7) is 5.10. The summed E-state index contributed by atoms with van der Waals surface area (Å²) in [5, 5.41) is 7.77. The van der Waals surface area contributed by atoms with Gasteiger partial charge in [-0.05, 0) is 44.8 Å². The van der Waals surface area contributed by atoms with Gasteiger partial charge in [0, 0.05) is 37.5 Å². The van der Waals surface area contributed by atoms with Gasteiger partial charge in [0.25, 0.3) is 5.91 Å². The number of aromatic nitrogens is 2. The van der Waals surface area contributed by atoms with Gasteiger partial charge in [0.1, 0.15) is 5.54 Å². The number of nitrogens with zero attached hydrogens (tertiary/aromatic N) is 3. The summed E-state index contributed by atoms with van der Waals surface area (Å²) >= 11 is 0. The molecule has 1 atom stereocenters. The highest BCUT2D eigenvalue weighted by atomic mass is 16.5. The van der Waals surface area contributed by atoms with E-state index in [1.54, 1.807) is 6.20 Å². The van der Waals surface area contributed by atoms with Crippen LogP contribution in [0.25, 0.3) is 0 Å². The molecule has 4 heterocycles. The Morgan fingerprint density at radius 3 is 2.77 bits per heavy atom. The van der Waals surface area contributed by atoms with E-state index in [2.05, 4.69) is 15.3 Å². The Bertz CT molecular complexity index is 530. The van der Waals surface area contributed by atoms with Crippen LogP contribution in [0.2, 0.25) is 0 Å². The van der Waals surface area contributed by atoms with Crippen LogP contribution in [0.5, 0.6) is 0 Å². The number of piperidine rings is 1. The molecule has 3 fully saturated rings. The third-order valence-corrected chi connectivity index (χ3v) is 5.68. The quantitative estimate of drug-likeness (QED) is 0.869. The van der Waals surface area contributed by atoms with Crippen molar-refractivity contribution in [3.8, 4) is 0 Å². The van der Waals surface area contributed by atoms with E-state index < -0.39 is 5.54 Å². The highest BCUT2D eigenvalue weighted by Crippen LogP contribution is 2.40. The maximum atomic E-state index is 13.4. The fraction of sp³-hybridized carbons (Fsp3) is 0.750. The first-order chi connectivity index (χ1) is 10.7. The first-order valence-electron chi connectivity index (χ1n) is 8.32. The molecule has 0 aromatic carbocycles. The van der Waals surface area contributed by atoms with E-state index in [1.165, 1.54) is 0 Å². The van der Waals surface area contributed by atoms with Crippen LogP contribution in [0.4, 0.5) is 0 Å². The van der Waals surface area contributed by atoms with Gasteiger partial charge in [-0.15, -0.1) is 0 Å². The molecule has 1 spiro atoms. The number of hydrogen-bond donors (Lipinski definition) is 1. The van der Waals surface area contributed by atoms with Crippen molar-refractivity contribution in [2.24, 2.45) is 5.41 Å². The molecule has 120 valence electrons. The number of amides is 1. The van der Waals surface area contributed by atoms with Gasteiger partial charge >= 0.3 is 0 Å². The van der Waals surface area contributed by atoms with Crippen molar-refractivity contribution in [2.75, 3.05) is 39.4 Å². The third kappa shape index (κ3) is 2.16. The lowest BCUT2D eigenvalue weighted by molar-refractivity contribution is -0.142. The zero-order valence-corrected chi connectivity index (χ0v) is 13.0. The van der Waals surface area contributed by atoms with Crippen LogP contribution < -0.4 is 5.32 Å².